The van der Waals surface area contributed by atoms with Gasteiger partial charge in [0.15, 0.2) is 0 Å². The van der Waals surface area contributed by atoms with E-state index in [2.05, 4.69) is 26.8 Å². The Morgan fingerprint density at radius 1 is 1.18 bits per heavy atom. The van der Waals surface area contributed by atoms with Gasteiger partial charge in [0, 0.05) is 26.2 Å². The molecule has 3 heterocycles. The number of amides is 2. The molecule has 2 atom stereocenters. The Hall–Kier alpha value is -2.89. The lowest BCUT2D eigenvalue weighted by Crippen LogP contribution is -2.56. The number of hydrogen-bond acceptors (Lipinski definition) is 7. The van der Waals surface area contributed by atoms with E-state index in [1.54, 1.807) is 30.9 Å². The molecule has 1 fully saturated rings. The number of pyridine rings is 1. The highest BCUT2D eigenvalue weighted by Gasteiger charge is 2.40. The summed E-state index contributed by atoms with van der Waals surface area (Å²) in [6.07, 6.45) is 2.34. The number of halogens is 1. The maximum Gasteiger partial charge on any atom is 0.269 e. The number of sulfonamides is 1. The standard InChI is InChI=1S/C21H25ClN6O4S/c1-6-20(29)27-10-12(2)28(33(5,31)32)18(11-27)14-7-15(26-19(22)8-14)16-9-17(21(30)23-4)25-13(3)24-16/h6-9,12,18H,1,10-11H2,2-5H3,(H,23,30)/t12-,18-/m1/s1. The summed E-state index contributed by atoms with van der Waals surface area (Å²) in [5.74, 6) is -0.310. The van der Waals surface area contributed by atoms with Crippen LogP contribution in [0.3, 0.4) is 0 Å². The van der Waals surface area contributed by atoms with Gasteiger partial charge in [-0.2, -0.15) is 4.31 Å². The van der Waals surface area contributed by atoms with E-state index < -0.39 is 22.1 Å². The fourth-order valence-corrected chi connectivity index (χ4v) is 5.56. The first-order valence-corrected chi connectivity index (χ1v) is 12.3. The van der Waals surface area contributed by atoms with Crippen molar-refractivity contribution in [3.63, 3.8) is 0 Å². The van der Waals surface area contributed by atoms with E-state index in [0.29, 0.717) is 22.8 Å². The van der Waals surface area contributed by atoms with E-state index in [1.165, 1.54) is 23.5 Å². The molecule has 1 saturated heterocycles. The van der Waals surface area contributed by atoms with Crippen LogP contribution in [0.5, 0.6) is 0 Å². The summed E-state index contributed by atoms with van der Waals surface area (Å²) < 4.78 is 26.7. The molecule has 0 unspecified atom stereocenters. The molecule has 1 aliphatic rings. The summed E-state index contributed by atoms with van der Waals surface area (Å²) in [4.78, 5) is 38.8. The van der Waals surface area contributed by atoms with Crippen LogP contribution in [0.25, 0.3) is 11.4 Å². The number of carbonyl (C=O) groups is 2. The Morgan fingerprint density at radius 3 is 2.45 bits per heavy atom. The monoisotopic (exact) mass is 492 g/mol. The topological polar surface area (TPSA) is 125 Å². The van der Waals surface area contributed by atoms with Gasteiger partial charge in [-0.3, -0.25) is 9.59 Å². The van der Waals surface area contributed by atoms with Crippen molar-refractivity contribution >= 4 is 33.4 Å². The molecule has 176 valence electrons. The quantitative estimate of drug-likeness (QED) is 0.496. The SMILES string of the molecule is C=CC(=O)N1C[C@@H](C)N(S(C)(=O)=O)[C@@H](c2cc(Cl)nc(-c3cc(C(=O)NC)nc(C)n3)c2)C1. The van der Waals surface area contributed by atoms with Gasteiger partial charge in [-0.1, -0.05) is 18.2 Å². The Kier molecular flexibility index (Phi) is 7.15. The molecular weight excluding hydrogens is 468 g/mol. The van der Waals surface area contributed by atoms with Crippen molar-refractivity contribution in [3.8, 4) is 11.4 Å². The normalized spacial score (nSPS) is 19.2. The van der Waals surface area contributed by atoms with Crippen molar-refractivity contribution in [2.75, 3.05) is 26.4 Å². The van der Waals surface area contributed by atoms with Crippen LogP contribution >= 0.6 is 11.6 Å². The minimum Gasteiger partial charge on any atom is -0.354 e. The molecule has 1 N–H and O–H groups in total. The minimum atomic E-state index is -3.62. The van der Waals surface area contributed by atoms with Crippen LogP contribution in [-0.4, -0.2) is 76.8 Å². The molecule has 2 amide bonds. The van der Waals surface area contributed by atoms with Crippen LogP contribution < -0.4 is 5.32 Å². The maximum atomic E-state index is 12.7. The molecule has 10 nitrogen and oxygen atoms in total. The summed E-state index contributed by atoms with van der Waals surface area (Å²) in [6.45, 7) is 7.27. The second kappa shape index (κ2) is 9.54. The van der Waals surface area contributed by atoms with Crippen molar-refractivity contribution < 1.29 is 18.0 Å². The largest absolute Gasteiger partial charge is 0.354 e. The van der Waals surface area contributed by atoms with Gasteiger partial charge in [0.2, 0.25) is 15.9 Å². The Balaban J connectivity index is 2.14. The second-order valence-electron chi connectivity index (χ2n) is 7.78. The molecule has 0 radical (unpaired) electrons. The molecule has 0 bridgehead atoms. The molecule has 0 spiro atoms. The molecule has 2 aromatic heterocycles. The van der Waals surface area contributed by atoms with Gasteiger partial charge in [0.25, 0.3) is 5.91 Å². The Bertz CT molecular complexity index is 1220. The van der Waals surface area contributed by atoms with Crippen LogP contribution in [0.1, 0.15) is 34.8 Å². The number of aryl methyl sites for hydroxylation is 1. The van der Waals surface area contributed by atoms with Gasteiger partial charge in [-0.25, -0.2) is 23.4 Å². The van der Waals surface area contributed by atoms with Crippen molar-refractivity contribution in [3.05, 3.63) is 53.1 Å². The number of piperazine rings is 1. The third kappa shape index (κ3) is 5.37. The van der Waals surface area contributed by atoms with E-state index >= 15 is 0 Å². The molecular formula is C21H25ClN6O4S. The van der Waals surface area contributed by atoms with E-state index in [4.69, 9.17) is 11.6 Å². The molecule has 1 aliphatic heterocycles. The highest BCUT2D eigenvalue weighted by molar-refractivity contribution is 7.88. The predicted molar refractivity (Wildman–Crippen MR) is 124 cm³/mol. The van der Waals surface area contributed by atoms with Gasteiger partial charge in [-0.15, -0.1) is 0 Å². The molecule has 0 aliphatic carbocycles. The molecule has 0 aromatic carbocycles. The maximum absolute atomic E-state index is 12.7. The predicted octanol–water partition coefficient (Wildman–Crippen LogP) is 1.58. The van der Waals surface area contributed by atoms with Crippen LogP contribution in [0.15, 0.2) is 30.9 Å². The minimum absolute atomic E-state index is 0.119. The summed E-state index contributed by atoms with van der Waals surface area (Å²) in [5.41, 5.74) is 1.41. The number of aromatic nitrogens is 3. The molecule has 33 heavy (non-hydrogen) atoms. The number of carbonyl (C=O) groups excluding carboxylic acids is 2. The third-order valence-electron chi connectivity index (χ3n) is 5.25. The van der Waals surface area contributed by atoms with Crippen LogP contribution in [-0.2, 0) is 14.8 Å². The van der Waals surface area contributed by atoms with Crippen molar-refractivity contribution in [1.82, 2.24) is 29.5 Å². The lowest BCUT2D eigenvalue weighted by atomic mass is 10.0. The summed E-state index contributed by atoms with van der Waals surface area (Å²) in [6, 6.07) is 3.54. The average Bonchev–Trinajstić information content (AvgIpc) is 2.75. The van der Waals surface area contributed by atoms with Gasteiger partial charge in [0.1, 0.15) is 16.7 Å². The zero-order valence-electron chi connectivity index (χ0n) is 18.7. The number of nitrogens with zero attached hydrogens (tertiary/aromatic N) is 5. The first-order valence-electron chi connectivity index (χ1n) is 10.1. The van der Waals surface area contributed by atoms with Gasteiger partial charge in [0.05, 0.1) is 23.7 Å². The number of nitrogens with one attached hydrogen (secondary N) is 1. The first kappa shape index (κ1) is 24.7. The smallest absolute Gasteiger partial charge is 0.269 e. The zero-order chi connectivity index (χ0) is 24.5. The number of hydrogen-bond donors (Lipinski definition) is 1. The highest BCUT2D eigenvalue weighted by Crippen LogP contribution is 2.34. The van der Waals surface area contributed by atoms with E-state index in [0.717, 1.165) is 6.26 Å². The second-order valence-corrected chi connectivity index (χ2v) is 10.1. The summed E-state index contributed by atoms with van der Waals surface area (Å²) in [5, 5.41) is 2.63. The molecule has 2 aromatic rings. The van der Waals surface area contributed by atoms with Crippen LogP contribution in [0.2, 0.25) is 5.15 Å². The summed E-state index contributed by atoms with van der Waals surface area (Å²) in [7, 11) is -2.12. The first-order chi connectivity index (χ1) is 15.4. The van der Waals surface area contributed by atoms with E-state index in [1.807, 2.05) is 0 Å². The lowest BCUT2D eigenvalue weighted by molar-refractivity contribution is -0.129. The van der Waals surface area contributed by atoms with Gasteiger partial charge >= 0.3 is 0 Å². The van der Waals surface area contributed by atoms with Crippen LogP contribution in [0, 0.1) is 6.92 Å². The Morgan fingerprint density at radius 2 is 1.85 bits per heavy atom. The third-order valence-corrected chi connectivity index (χ3v) is 6.82. The fourth-order valence-electron chi connectivity index (χ4n) is 3.97. The van der Waals surface area contributed by atoms with Gasteiger partial charge in [-0.05, 0) is 43.7 Å². The van der Waals surface area contributed by atoms with E-state index in [-0.39, 0.29) is 35.8 Å². The number of rotatable bonds is 5. The van der Waals surface area contributed by atoms with Crippen molar-refractivity contribution in [2.24, 2.45) is 0 Å². The van der Waals surface area contributed by atoms with E-state index in [9.17, 15) is 18.0 Å². The summed E-state index contributed by atoms with van der Waals surface area (Å²) >= 11 is 6.31. The zero-order valence-corrected chi connectivity index (χ0v) is 20.3. The highest BCUT2D eigenvalue weighted by atomic mass is 35.5. The van der Waals surface area contributed by atoms with Crippen molar-refractivity contribution in [2.45, 2.75) is 25.9 Å². The fraction of sp³-hybridized carbons (Fsp3) is 0.381. The van der Waals surface area contributed by atoms with Crippen LogP contribution in [0.4, 0.5) is 0 Å². The molecule has 12 heteroatoms. The molecule has 3 rings (SSSR count). The van der Waals surface area contributed by atoms with Crippen molar-refractivity contribution in [1.29, 1.82) is 0 Å². The average molecular weight is 493 g/mol. The molecule has 0 saturated carbocycles. The lowest BCUT2D eigenvalue weighted by Gasteiger charge is -2.44. The van der Waals surface area contributed by atoms with Gasteiger partial charge < -0.3 is 10.2 Å². The Labute approximate surface area is 197 Å².